The Morgan fingerprint density at radius 3 is 2.65 bits per heavy atom. The second-order valence-corrected chi connectivity index (χ2v) is 5.99. The number of benzene rings is 2. The lowest BCUT2D eigenvalue weighted by molar-refractivity contribution is 0.251. The number of pyridine rings is 1. The summed E-state index contributed by atoms with van der Waals surface area (Å²) in [6.45, 7) is 0.438. The minimum atomic E-state index is -0.242. The predicted octanol–water partition coefficient (Wildman–Crippen LogP) is 4.55. The second kappa shape index (κ2) is 7.11. The van der Waals surface area contributed by atoms with Crippen molar-refractivity contribution in [1.82, 2.24) is 15.3 Å². The molecule has 4 aromatic rings. The van der Waals surface area contributed by atoms with Crippen LogP contribution in [0.15, 0.2) is 79.3 Å². The highest BCUT2D eigenvalue weighted by molar-refractivity contribution is 5.96. The van der Waals surface area contributed by atoms with Crippen LogP contribution < -0.4 is 10.6 Å². The van der Waals surface area contributed by atoms with Crippen LogP contribution in [0.2, 0.25) is 0 Å². The van der Waals surface area contributed by atoms with Crippen LogP contribution in [0.5, 0.6) is 0 Å². The summed E-state index contributed by atoms with van der Waals surface area (Å²) in [5.74, 6) is 0. The third-order valence-corrected chi connectivity index (χ3v) is 4.22. The van der Waals surface area contributed by atoms with Crippen molar-refractivity contribution in [3.05, 3.63) is 84.8 Å². The number of nitrogens with one attached hydrogen (secondary N) is 3. The summed E-state index contributed by atoms with van der Waals surface area (Å²) in [6.07, 6.45) is 5.45. The molecule has 5 nitrogen and oxygen atoms in total. The van der Waals surface area contributed by atoms with Crippen molar-refractivity contribution in [3.63, 3.8) is 0 Å². The Kier molecular flexibility index (Phi) is 4.35. The number of aromatic nitrogens is 2. The van der Waals surface area contributed by atoms with E-state index in [1.165, 1.54) is 5.39 Å². The van der Waals surface area contributed by atoms with Crippen molar-refractivity contribution in [3.8, 4) is 11.1 Å². The molecule has 0 bridgehead atoms. The lowest BCUT2D eigenvalue weighted by Gasteiger charge is -2.08. The zero-order valence-corrected chi connectivity index (χ0v) is 14.1. The van der Waals surface area contributed by atoms with Crippen molar-refractivity contribution in [2.75, 3.05) is 5.32 Å². The minimum Gasteiger partial charge on any atom is -0.361 e. The fourth-order valence-electron chi connectivity index (χ4n) is 2.90. The van der Waals surface area contributed by atoms with E-state index in [4.69, 9.17) is 0 Å². The van der Waals surface area contributed by atoms with Gasteiger partial charge >= 0.3 is 6.03 Å². The summed E-state index contributed by atoms with van der Waals surface area (Å²) in [4.78, 5) is 19.3. The maximum atomic E-state index is 12.0. The summed E-state index contributed by atoms with van der Waals surface area (Å²) < 4.78 is 0. The van der Waals surface area contributed by atoms with Crippen LogP contribution in [0.3, 0.4) is 0 Å². The number of anilines is 1. The molecule has 5 heteroatoms. The van der Waals surface area contributed by atoms with Gasteiger partial charge in [-0.15, -0.1) is 0 Å². The number of aromatic amines is 1. The molecule has 0 aliphatic carbocycles. The molecule has 2 aromatic heterocycles. The SMILES string of the molecule is O=C(NCc1cccnc1)Nc1ccc(-c2c[nH]c3ccccc23)cc1. The number of hydrogen-bond acceptors (Lipinski definition) is 2. The molecule has 0 fully saturated rings. The van der Waals surface area contributed by atoms with Crippen molar-refractivity contribution in [2.24, 2.45) is 0 Å². The molecule has 0 aliphatic rings. The quantitative estimate of drug-likeness (QED) is 0.509. The van der Waals surface area contributed by atoms with Gasteiger partial charge in [-0.25, -0.2) is 4.79 Å². The van der Waals surface area contributed by atoms with Crippen molar-refractivity contribution in [2.45, 2.75) is 6.54 Å². The first-order valence-corrected chi connectivity index (χ1v) is 8.40. The second-order valence-electron chi connectivity index (χ2n) is 5.99. The van der Waals surface area contributed by atoms with E-state index in [1.54, 1.807) is 12.4 Å². The lowest BCUT2D eigenvalue weighted by Crippen LogP contribution is -2.28. The monoisotopic (exact) mass is 342 g/mol. The van der Waals surface area contributed by atoms with Gasteiger partial charge in [0.1, 0.15) is 0 Å². The Hall–Kier alpha value is -3.60. The standard InChI is InChI=1S/C21H18N4O/c26-21(24-13-15-4-3-11-22-12-15)25-17-9-7-16(8-10-17)19-14-23-20-6-2-1-5-18(19)20/h1-12,14,23H,13H2,(H2,24,25,26). The highest BCUT2D eigenvalue weighted by Gasteiger charge is 2.06. The van der Waals surface area contributed by atoms with Crippen LogP contribution in [-0.4, -0.2) is 16.0 Å². The van der Waals surface area contributed by atoms with Crippen LogP contribution in [0, 0.1) is 0 Å². The molecule has 0 spiro atoms. The number of amides is 2. The van der Waals surface area contributed by atoms with Gasteiger partial charge in [0.15, 0.2) is 0 Å². The molecule has 2 aromatic carbocycles. The first kappa shape index (κ1) is 15.9. The topological polar surface area (TPSA) is 69.8 Å². The number of H-pyrrole nitrogens is 1. The number of nitrogens with zero attached hydrogens (tertiary/aromatic N) is 1. The predicted molar refractivity (Wildman–Crippen MR) is 104 cm³/mol. The number of urea groups is 1. The fraction of sp³-hybridized carbons (Fsp3) is 0.0476. The largest absolute Gasteiger partial charge is 0.361 e. The maximum Gasteiger partial charge on any atom is 0.319 e. The summed E-state index contributed by atoms with van der Waals surface area (Å²) in [5.41, 5.74) is 5.06. The number of carbonyl (C=O) groups excluding carboxylic acids is 1. The van der Waals surface area contributed by atoms with Gasteiger partial charge in [0, 0.05) is 47.3 Å². The van der Waals surface area contributed by atoms with Crippen molar-refractivity contribution >= 4 is 22.6 Å². The van der Waals surface area contributed by atoms with E-state index in [0.29, 0.717) is 6.54 Å². The molecular formula is C21H18N4O. The van der Waals surface area contributed by atoms with Gasteiger partial charge < -0.3 is 15.6 Å². The van der Waals surface area contributed by atoms with Gasteiger partial charge in [-0.2, -0.15) is 0 Å². The Morgan fingerprint density at radius 1 is 1.00 bits per heavy atom. The summed E-state index contributed by atoms with van der Waals surface area (Å²) in [6, 6.07) is 19.5. The average Bonchev–Trinajstić information content (AvgIpc) is 3.12. The van der Waals surface area contributed by atoms with Gasteiger partial charge in [-0.05, 0) is 35.4 Å². The summed E-state index contributed by atoms with van der Waals surface area (Å²) >= 11 is 0. The molecule has 0 unspecified atom stereocenters. The number of para-hydroxylation sites is 1. The van der Waals surface area contributed by atoms with Crippen LogP contribution >= 0.6 is 0 Å². The van der Waals surface area contributed by atoms with Crippen LogP contribution in [0.25, 0.3) is 22.0 Å². The Labute approximate surface area is 151 Å². The number of carbonyl (C=O) groups is 1. The molecule has 0 aliphatic heterocycles. The molecule has 0 saturated heterocycles. The number of hydrogen-bond donors (Lipinski definition) is 3. The molecule has 0 saturated carbocycles. The normalized spacial score (nSPS) is 10.6. The van der Waals surface area contributed by atoms with Gasteiger partial charge in [-0.1, -0.05) is 36.4 Å². The van der Waals surface area contributed by atoms with Gasteiger partial charge in [0.05, 0.1) is 0 Å². The van der Waals surface area contributed by atoms with Crippen molar-refractivity contribution in [1.29, 1.82) is 0 Å². The zero-order chi connectivity index (χ0) is 17.8. The first-order chi connectivity index (χ1) is 12.8. The van der Waals surface area contributed by atoms with Crippen LogP contribution in [0.4, 0.5) is 10.5 Å². The highest BCUT2D eigenvalue weighted by Crippen LogP contribution is 2.29. The fourth-order valence-corrected chi connectivity index (χ4v) is 2.90. The third-order valence-electron chi connectivity index (χ3n) is 4.22. The Bertz CT molecular complexity index is 1020. The van der Waals surface area contributed by atoms with Gasteiger partial charge in [0.25, 0.3) is 0 Å². The molecule has 2 heterocycles. The molecule has 2 amide bonds. The highest BCUT2D eigenvalue weighted by atomic mass is 16.2. The first-order valence-electron chi connectivity index (χ1n) is 8.40. The number of fused-ring (bicyclic) bond motifs is 1. The Balaban J connectivity index is 1.42. The van der Waals surface area contributed by atoms with Crippen LogP contribution in [-0.2, 0) is 6.54 Å². The van der Waals surface area contributed by atoms with Crippen molar-refractivity contribution < 1.29 is 4.79 Å². The summed E-state index contributed by atoms with van der Waals surface area (Å²) in [7, 11) is 0. The molecule has 4 rings (SSSR count). The smallest absolute Gasteiger partial charge is 0.319 e. The third kappa shape index (κ3) is 3.42. The van der Waals surface area contributed by atoms with E-state index in [2.05, 4.69) is 32.7 Å². The average molecular weight is 342 g/mol. The molecule has 26 heavy (non-hydrogen) atoms. The minimum absolute atomic E-state index is 0.242. The molecule has 0 radical (unpaired) electrons. The van der Waals surface area contributed by atoms with Gasteiger partial charge in [-0.3, -0.25) is 4.98 Å². The van der Waals surface area contributed by atoms with Crippen LogP contribution in [0.1, 0.15) is 5.56 Å². The zero-order valence-electron chi connectivity index (χ0n) is 14.1. The van der Waals surface area contributed by atoms with E-state index >= 15 is 0 Å². The molecule has 128 valence electrons. The van der Waals surface area contributed by atoms with E-state index < -0.39 is 0 Å². The molecule has 3 N–H and O–H groups in total. The summed E-state index contributed by atoms with van der Waals surface area (Å²) in [5, 5.41) is 6.85. The molecule has 0 atom stereocenters. The molecular weight excluding hydrogens is 324 g/mol. The van der Waals surface area contributed by atoms with E-state index in [1.807, 2.05) is 54.7 Å². The number of rotatable bonds is 4. The lowest BCUT2D eigenvalue weighted by atomic mass is 10.0. The van der Waals surface area contributed by atoms with E-state index in [0.717, 1.165) is 27.9 Å². The van der Waals surface area contributed by atoms with Gasteiger partial charge in [0.2, 0.25) is 0 Å². The van der Waals surface area contributed by atoms with E-state index in [9.17, 15) is 4.79 Å². The van der Waals surface area contributed by atoms with E-state index in [-0.39, 0.29) is 6.03 Å². The maximum absolute atomic E-state index is 12.0. The Morgan fingerprint density at radius 2 is 1.85 bits per heavy atom.